The summed E-state index contributed by atoms with van der Waals surface area (Å²) >= 11 is 0. The van der Waals surface area contributed by atoms with Gasteiger partial charge in [0.15, 0.2) is 5.82 Å². The van der Waals surface area contributed by atoms with Crippen molar-refractivity contribution in [1.82, 2.24) is 15.2 Å². The van der Waals surface area contributed by atoms with Gasteiger partial charge in [-0.25, -0.2) is 0 Å². The topological polar surface area (TPSA) is 86.5 Å². The van der Waals surface area contributed by atoms with Crippen LogP contribution >= 0.6 is 0 Å². The van der Waals surface area contributed by atoms with Crippen LogP contribution in [0.1, 0.15) is 30.9 Å². The molecule has 2 aromatic carbocycles. The smallest absolute Gasteiger partial charge is 0.249 e. The summed E-state index contributed by atoms with van der Waals surface area (Å²) in [7, 11) is 0. The molecule has 0 fully saturated rings. The summed E-state index contributed by atoms with van der Waals surface area (Å²) in [5.41, 5.74) is 3.50. The number of aromatic nitrogens is 3. The fourth-order valence-corrected chi connectivity index (χ4v) is 2.47. The SMILES string of the molecule is CC(C)c1ccccc1Nc1nncc(Nc2cccc(C#N)c2)n1. The third kappa shape index (κ3) is 4.09. The number of hydrogen-bond acceptors (Lipinski definition) is 6. The number of benzene rings is 2. The zero-order chi connectivity index (χ0) is 17.6. The average molecular weight is 330 g/mol. The van der Waals surface area contributed by atoms with E-state index in [1.54, 1.807) is 18.3 Å². The Balaban J connectivity index is 1.81. The van der Waals surface area contributed by atoms with Crippen LogP contribution in [0.15, 0.2) is 54.7 Å². The predicted molar refractivity (Wildman–Crippen MR) is 98.1 cm³/mol. The van der Waals surface area contributed by atoms with E-state index in [1.165, 1.54) is 5.56 Å². The van der Waals surface area contributed by atoms with Gasteiger partial charge in [-0.1, -0.05) is 38.1 Å². The Hall–Kier alpha value is -3.46. The molecule has 0 unspecified atom stereocenters. The van der Waals surface area contributed by atoms with Gasteiger partial charge >= 0.3 is 0 Å². The minimum Gasteiger partial charge on any atom is -0.339 e. The number of nitriles is 1. The van der Waals surface area contributed by atoms with Crippen molar-refractivity contribution in [2.75, 3.05) is 10.6 Å². The fraction of sp³-hybridized carbons (Fsp3) is 0.158. The lowest BCUT2D eigenvalue weighted by molar-refractivity contribution is 0.867. The molecule has 0 aliphatic heterocycles. The van der Waals surface area contributed by atoms with Crippen LogP contribution in [-0.4, -0.2) is 15.2 Å². The van der Waals surface area contributed by atoms with Crippen molar-refractivity contribution >= 4 is 23.1 Å². The fourth-order valence-electron chi connectivity index (χ4n) is 2.47. The Bertz CT molecular complexity index is 914. The lowest BCUT2D eigenvalue weighted by atomic mass is 10.0. The zero-order valence-electron chi connectivity index (χ0n) is 14.1. The molecule has 6 nitrogen and oxygen atoms in total. The molecule has 0 radical (unpaired) electrons. The Morgan fingerprint density at radius 3 is 2.68 bits per heavy atom. The summed E-state index contributed by atoms with van der Waals surface area (Å²) in [5, 5.41) is 23.4. The first kappa shape index (κ1) is 16.4. The highest BCUT2D eigenvalue weighted by molar-refractivity contribution is 5.62. The van der Waals surface area contributed by atoms with Crippen LogP contribution in [-0.2, 0) is 0 Å². The second-order valence-corrected chi connectivity index (χ2v) is 5.85. The van der Waals surface area contributed by atoms with Gasteiger partial charge in [-0.05, 0) is 35.7 Å². The molecule has 1 heterocycles. The predicted octanol–water partition coefficient (Wildman–Crippen LogP) is 4.35. The molecule has 0 spiro atoms. The van der Waals surface area contributed by atoms with Crippen molar-refractivity contribution in [3.05, 3.63) is 65.9 Å². The van der Waals surface area contributed by atoms with E-state index in [9.17, 15) is 0 Å². The molecular weight excluding hydrogens is 312 g/mol. The van der Waals surface area contributed by atoms with Gasteiger partial charge in [0.05, 0.1) is 17.8 Å². The molecular formula is C19H18N6. The quantitative estimate of drug-likeness (QED) is 0.723. The second kappa shape index (κ2) is 7.41. The first-order chi connectivity index (χ1) is 12.2. The normalized spacial score (nSPS) is 10.3. The summed E-state index contributed by atoms with van der Waals surface area (Å²) in [5.74, 6) is 1.34. The van der Waals surface area contributed by atoms with Crippen molar-refractivity contribution in [3.8, 4) is 6.07 Å². The Kier molecular flexibility index (Phi) is 4.86. The molecule has 0 amide bonds. The first-order valence-electron chi connectivity index (χ1n) is 7.98. The maximum Gasteiger partial charge on any atom is 0.249 e. The Morgan fingerprint density at radius 1 is 1.04 bits per heavy atom. The average Bonchev–Trinajstić information content (AvgIpc) is 2.62. The lowest BCUT2D eigenvalue weighted by Crippen LogP contribution is -2.04. The van der Waals surface area contributed by atoms with E-state index >= 15 is 0 Å². The van der Waals surface area contributed by atoms with E-state index in [4.69, 9.17) is 5.26 Å². The van der Waals surface area contributed by atoms with Crippen LogP contribution in [0.3, 0.4) is 0 Å². The van der Waals surface area contributed by atoms with E-state index < -0.39 is 0 Å². The molecule has 0 saturated heterocycles. The van der Waals surface area contributed by atoms with Gasteiger partial charge < -0.3 is 10.6 Å². The lowest BCUT2D eigenvalue weighted by Gasteiger charge is -2.13. The van der Waals surface area contributed by atoms with E-state index in [1.807, 2.05) is 30.3 Å². The second-order valence-electron chi connectivity index (χ2n) is 5.85. The largest absolute Gasteiger partial charge is 0.339 e. The number of nitrogens with one attached hydrogen (secondary N) is 2. The van der Waals surface area contributed by atoms with E-state index in [0.29, 0.717) is 23.2 Å². The van der Waals surface area contributed by atoms with Gasteiger partial charge in [0, 0.05) is 11.4 Å². The van der Waals surface area contributed by atoms with Gasteiger partial charge in [0.1, 0.15) is 0 Å². The Morgan fingerprint density at radius 2 is 1.88 bits per heavy atom. The van der Waals surface area contributed by atoms with Crippen LogP contribution in [0, 0.1) is 11.3 Å². The van der Waals surface area contributed by atoms with E-state index in [2.05, 4.69) is 51.8 Å². The molecule has 0 aliphatic rings. The van der Waals surface area contributed by atoms with Crippen molar-refractivity contribution in [2.24, 2.45) is 0 Å². The number of para-hydroxylation sites is 1. The minimum atomic E-state index is 0.381. The molecule has 25 heavy (non-hydrogen) atoms. The number of rotatable bonds is 5. The summed E-state index contributed by atoms with van der Waals surface area (Å²) in [6, 6.07) is 17.4. The third-order valence-corrected chi connectivity index (χ3v) is 3.65. The van der Waals surface area contributed by atoms with Crippen molar-refractivity contribution in [3.63, 3.8) is 0 Å². The van der Waals surface area contributed by atoms with Crippen LogP contribution in [0.5, 0.6) is 0 Å². The monoisotopic (exact) mass is 330 g/mol. The van der Waals surface area contributed by atoms with Crippen LogP contribution in [0.2, 0.25) is 0 Å². The van der Waals surface area contributed by atoms with Crippen molar-refractivity contribution in [2.45, 2.75) is 19.8 Å². The molecule has 3 rings (SSSR count). The van der Waals surface area contributed by atoms with E-state index in [-0.39, 0.29) is 0 Å². The molecule has 0 saturated carbocycles. The standard InChI is InChI=1S/C19H18N6/c1-13(2)16-8-3-4-9-17(16)23-19-24-18(12-21-25-19)22-15-7-5-6-14(10-15)11-20/h3-10,12-13H,1-2H3,(H2,22,23,24,25). The molecule has 0 aliphatic carbocycles. The summed E-state index contributed by atoms with van der Waals surface area (Å²) in [4.78, 5) is 4.44. The van der Waals surface area contributed by atoms with Crippen molar-refractivity contribution < 1.29 is 0 Å². The van der Waals surface area contributed by atoms with Gasteiger partial charge in [0.25, 0.3) is 0 Å². The molecule has 124 valence electrons. The summed E-state index contributed by atoms with van der Waals surface area (Å²) < 4.78 is 0. The van der Waals surface area contributed by atoms with Crippen LogP contribution in [0.25, 0.3) is 0 Å². The molecule has 3 aromatic rings. The highest BCUT2D eigenvalue weighted by Crippen LogP contribution is 2.26. The van der Waals surface area contributed by atoms with Gasteiger partial charge in [-0.3, -0.25) is 0 Å². The highest BCUT2D eigenvalue weighted by Gasteiger charge is 2.08. The van der Waals surface area contributed by atoms with Gasteiger partial charge in [0.2, 0.25) is 5.95 Å². The zero-order valence-corrected chi connectivity index (χ0v) is 14.1. The molecule has 2 N–H and O–H groups in total. The number of hydrogen-bond donors (Lipinski definition) is 2. The van der Waals surface area contributed by atoms with Gasteiger partial charge in [-0.2, -0.15) is 15.3 Å². The van der Waals surface area contributed by atoms with Crippen LogP contribution < -0.4 is 10.6 Å². The van der Waals surface area contributed by atoms with Gasteiger partial charge in [-0.15, -0.1) is 5.10 Å². The van der Waals surface area contributed by atoms with Crippen LogP contribution in [0.4, 0.5) is 23.1 Å². The first-order valence-corrected chi connectivity index (χ1v) is 7.98. The molecule has 6 heteroatoms. The number of anilines is 4. The summed E-state index contributed by atoms with van der Waals surface area (Å²) in [6.07, 6.45) is 1.54. The maximum atomic E-state index is 8.98. The number of nitrogens with zero attached hydrogens (tertiary/aromatic N) is 4. The van der Waals surface area contributed by atoms with Crippen molar-refractivity contribution in [1.29, 1.82) is 5.26 Å². The third-order valence-electron chi connectivity index (χ3n) is 3.65. The molecule has 0 bridgehead atoms. The molecule has 1 aromatic heterocycles. The molecule has 0 atom stereocenters. The highest BCUT2D eigenvalue weighted by atomic mass is 15.3. The minimum absolute atomic E-state index is 0.381. The Labute approximate surface area is 146 Å². The summed E-state index contributed by atoms with van der Waals surface area (Å²) in [6.45, 7) is 4.28. The van der Waals surface area contributed by atoms with E-state index in [0.717, 1.165) is 11.4 Å². The maximum absolute atomic E-state index is 8.98.